The van der Waals surface area contributed by atoms with E-state index in [1.165, 1.54) is 12.8 Å². The molecule has 2 aliphatic rings. The van der Waals surface area contributed by atoms with Crippen LogP contribution in [-0.4, -0.2) is 62.0 Å². The summed E-state index contributed by atoms with van der Waals surface area (Å²) in [6, 6.07) is 5.81. The summed E-state index contributed by atoms with van der Waals surface area (Å²) < 4.78 is 10.6. The van der Waals surface area contributed by atoms with E-state index in [4.69, 9.17) is 9.47 Å². The van der Waals surface area contributed by atoms with Gasteiger partial charge in [0, 0.05) is 32.6 Å². The van der Waals surface area contributed by atoms with Gasteiger partial charge in [0.1, 0.15) is 0 Å². The maximum atomic E-state index is 12.8. The second-order valence-electron chi connectivity index (χ2n) is 7.42. The zero-order chi connectivity index (χ0) is 19.2. The predicted molar refractivity (Wildman–Crippen MR) is 103 cm³/mol. The Morgan fingerprint density at radius 1 is 1.07 bits per heavy atom. The first-order valence-corrected chi connectivity index (χ1v) is 9.90. The second kappa shape index (κ2) is 9.11. The van der Waals surface area contributed by atoms with Gasteiger partial charge in [0.15, 0.2) is 11.5 Å². The van der Waals surface area contributed by atoms with E-state index in [1.807, 2.05) is 28.0 Å². The molecule has 2 aliphatic heterocycles. The lowest BCUT2D eigenvalue weighted by molar-refractivity contribution is -0.135. The number of hydrogen-bond acceptors (Lipinski definition) is 4. The molecule has 0 N–H and O–H groups in total. The summed E-state index contributed by atoms with van der Waals surface area (Å²) in [5, 5.41) is 0. The van der Waals surface area contributed by atoms with E-state index in [2.05, 4.69) is 0 Å². The number of amides is 2. The molecule has 1 atom stereocenters. The van der Waals surface area contributed by atoms with Gasteiger partial charge < -0.3 is 19.3 Å². The first kappa shape index (κ1) is 19.5. The molecule has 2 amide bonds. The zero-order valence-electron chi connectivity index (χ0n) is 16.4. The van der Waals surface area contributed by atoms with E-state index in [0.717, 1.165) is 37.9 Å². The van der Waals surface area contributed by atoms with Crippen molar-refractivity contribution < 1.29 is 19.1 Å². The van der Waals surface area contributed by atoms with Crippen LogP contribution in [0.3, 0.4) is 0 Å². The van der Waals surface area contributed by atoms with Crippen LogP contribution in [0.2, 0.25) is 0 Å². The van der Waals surface area contributed by atoms with Gasteiger partial charge in [-0.1, -0.05) is 18.9 Å². The fraction of sp³-hybridized carbons (Fsp3) is 0.619. The van der Waals surface area contributed by atoms with Crippen molar-refractivity contribution in [2.75, 3.05) is 40.4 Å². The van der Waals surface area contributed by atoms with Crippen LogP contribution in [-0.2, 0) is 16.0 Å². The minimum absolute atomic E-state index is 0.0867. The summed E-state index contributed by atoms with van der Waals surface area (Å²) in [7, 11) is 3.23. The van der Waals surface area contributed by atoms with Crippen molar-refractivity contribution >= 4 is 11.8 Å². The summed E-state index contributed by atoms with van der Waals surface area (Å²) in [6.45, 7) is 2.85. The van der Waals surface area contributed by atoms with Crippen molar-refractivity contribution in [2.24, 2.45) is 5.92 Å². The number of methoxy groups -OCH3 is 2. The van der Waals surface area contributed by atoms with E-state index >= 15 is 0 Å². The Labute approximate surface area is 161 Å². The van der Waals surface area contributed by atoms with Gasteiger partial charge >= 0.3 is 0 Å². The first-order valence-electron chi connectivity index (χ1n) is 9.90. The van der Waals surface area contributed by atoms with E-state index in [9.17, 15) is 9.59 Å². The Morgan fingerprint density at radius 2 is 1.78 bits per heavy atom. The van der Waals surface area contributed by atoms with Crippen molar-refractivity contribution in [3.63, 3.8) is 0 Å². The number of benzene rings is 1. The third-order valence-electron chi connectivity index (χ3n) is 5.60. The van der Waals surface area contributed by atoms with Crippen LogP contribution in [0.1, 0.15) is 37.7 Å². The molecule has 0 aliphatic carbocycles. The Balaban J connectivity index is 1.55. The molecule has 148 valence electrons. The predicted octanol–water partition coefficient (Wildman–Crippen LogP) is 2.50. The van der Waals surface area contributed by atoms with Crippen LogP contribution in [0.15, 0.2) is 18.2 Å². The standard InChI is InChI=1S/C21H30N2O4/c1-26-18-8-7-16(13-19(18)27-2)9-12-23-15-17(14-20(23)24)21(25)22-10-5-3-4-6-11-22/h7-8,13,17H,3-6,9-12,14-15H2,1-2H3/t17-/m0/s1. The van der Waals surface area contributed by atoms with Crippen LogP contribution in [0, 0.1) is 5.92 Å². The van der Waals surface area contributed by atoms with Crippen LogP contribution >= 0.6 is 0 Å². The van der Waals surface area contributed by atoms with E-state index < -0.39 is 0 Å². The largest absolute Gasteiger partial charge is 0.493 e. The number of hydrogen-bond donors (Lipinski definition) is 0. The fourth-order valence-corrected chi connectivity index (χ4v) is 4.00. The van der Waals surface area contributed by atoms with Gasteiger partial charge in [-0.05, 0) is 37.0 Å². The highest BCUT2D eigenvalue weighted by molar-refractivity contribution is 5.89. The lowest BCUT2D eigenvalue weighted by atomic mass is 10.1. The highest BCUT2D eigenvalue weighted by atomic mass is 16.5. The molecule has 27 heavy (non-hydrogen) atoms. The zero-order valence-corrected chi connectivity index (χ0v) is 16.4. The average Bonchev–Trinajstić information content (AvgIpc) is 2.88. The molecule has 1 aromatic rings. The summed E-state index contributed by atoms with van der Waals surface area (Å²) >= 11 is 0. The molecular weight excluding hydrogens is 344 g/mol. The molecule has 0 radical (unpaired) electrons. The molecule has 2 saturated heterocycles. The molecule has 6 nitrogen and oxygen atoms in total. The lowest BCUT2D eigenvalue weighted by Crippen LogP contribution is -2.38. The van der Waals surface area contributed by atoms with E-state index in [-0.39, 0.29) is 17.7 Å². The number of carbonyl (C=O) groups is 2. The van der Waals surface area contributed by atoms with Crippen molar-refractivity contribution in [2.45, 2.75) is 38.5 Å². The van der Waals surface area contributed by atoms with Crippen LogP contribution in [0.25, 0.3) is 0 Å². The number of likely N-dealkylation sites (tertiary alicyclic amines) is 2. The first-order chi connectivity index (χ1) is 13.1. The van der Waals surface area contributed by atoms with Crippen molar-refractivity contribution in [3.05, 3.63) is 23.8 Å². The molecule has 2 heterocycles. The highest BCUT2D eigenvalue weighted by Crippen LogP contribution is 2.28. The summed E-state index contributed by atoms with van der Waals surface area (Å²) in [5.74, 6) is 1.46. The smallest absolute Gasteiger partial charge is 0.227 e. The van der Waals surface area contributed by atoms with Crippen molar-refractivity contribution in [1.82, 2.24) is 9.80 Å². The maximum Gasteiger partial charge on any atom is 0.227 e. The highest BCUT2D eigenvalue weighted by Gasteiger charge is 2.36. The average molecular weight is 374 g/mol. The Bertz CT molecular complexity index is 668. The number of nitrogens with zero attached hydrogens (tertiary/aromatic N) is 2. The van der Waals surface area contributed by atoms with Gasteiger partial charge in [-0.3, -0.25) is 9.59 Å². The topological polar surface area (TPSA) is 59.1 Å². The van der Waals surface area contributed by atoms with Gasteiger partial charge in [-0.15, -0.1) is 0 Å². The van der Waals surface area contributed by atoms with Crippen molar-refractivity contribution in [1.29, 1.82) is 0 Å². The summed E-state index contributed by atoms with van der Waals surface area (Å²) in [4.78, 5) is 29.0. The molecule has 3 rings (SSSR count). The van der Waals surface area contributed by atoms with Gasteiger partial charge in [0.25, 0.3) is 0 Å². The fourth-order valence-electron chi connectivity index (χ4n) is 4.00. The van der Waals surface area contributed by atoms with E-state index in [1.54, 1.807) is 14.2 Å². The molecule has 0 bridgehead atoms. The molecular formula is C21H30N2O4. The molecule has 6 heteroatoms. The normalized spacial score (nSPS) is 20.5. The molecule has 0 aromatic heterocycles. The van der Waals surface area contributed by atoms with Crippen LogP contribution < -0.4 is 9.47 Å². The number of carbonyl (C=O) groups excluding carboxylic acids is 2. The molecule has 2 fully saturated rings. The number of ether oxygens (including phenoxy) is 2. The third-order valence-corrected chi connectivity index (χ3v) is 5.60. The monoisotopic (exact) mass is 374 g/mol. The number of rotatable bonds is 6. The SMILES string of the molecule is COc1ccc(CCN2C[C@@H](C(=O)N3CCCCCC3)CC2=O)cc1OC. The minimum Gasteiger partial charge on any atom is -0.493 e. The Morgan fingerprint density at radius 3 is 2.44 bits per heavy atom. The van der Waals surface area contributed by atoms with Crippen molar-refractivity contribution in [3.8, 4) is 11.5 Å². The van der Waals surface area contributed by atoms with Gasteiger partial charge in [0.05, 0.1) is 20.1 Å². The van der Waals surface area contributed by atoms with E-state index in [0.29, 0.717) is 31.0 Å². The summed E-state index contributed by atoms with van der Waals surface area (Å²) in [5.41, 5.74) is 1.09. The third kappa shape index (κ3) is 4.73. The van der Waals surface area contributed by atoms with Gasteiger partial charge in [0.2, 0.25) is 11.8 Å². The lowest BCUT2D eigenvalue weighted by Gasteiger charge is -2.24. The van der Waals surface area contributed by atoms with Gasteiger partial charge in [-0.2, -0.15) is 0 Å². The summed E-state index contributed by atoms with van der Waals surface area (Å²) in [6.07, 6.45) is 5.64. The minimum atomic E-state index is -0.180. The Hall–Kier alpha value is -2.24. The second-order valence-corrected chi connectivity index (χ2v) is 7.42. The molecule has 0 saturated carbocycles. The van der Waals surface area contributed by atoms with Crippen LogP contribution in [0.4, 0.5) is 0 Å². The quantitative estimate of drug-likeness (QED) is 0.768. The Kier molecular flexibility index (Phi) is 6.58. The molecule has 1 aromatic carbocycles. The molecule has 0 spiro atoms. The maximum absolute atomic E-state index is 12.8. The molecule has 0 unspecified atom stereocenters. The van der Waals surface area contributed by atoms with Gasteiger partial charge in [-0.25, -0.2) is 0 Å². The van der Waals surface area contributed by atoms with Crippen LogP contribution in [0.5, 0.6) is 11.5 Å².